The van der Waals surface area contributed by atoms with Crippen molar-refractivity contribution in [3.05, 3.63) is 60.2 Å². The molecule has 6 heteroatoms. The summed E-state index contributed by atoms with van der Waals surface area (Å²) < 4.78 is 10.9. The Bertz CT molecular complexity index is 825. The molecule has 29 heavy (non-hydrogen) atoms. The first-order valence-electron chi connectivity index (χ1n) is 9.97. The second-order valence-electron chi connectivity index (χ2n) is 7.04. The zero-order chi connectivity index (χ0) is 20.6. The van der Waals surface area contributed by atoms with Gasteiger partial charge in [0.05, 0.1) is 24.8 Å². The molecule has 0 spiro atoms. The molecular weight excluding hydrogens is 368 g/mol. The van der Waals surface area contributed by atoms with Crippen molar-refractivity contribution in [2.45, 2.75) is 19.9 Å². The Balaban J connectivity index is 1.75. The van der Waals surface area contributed by atoms with Crippen molar-refractivity contribution in [3.8, 4) is 5.75 Å². The number of benzene rings is 2. The summed E-state index contributed by atoms with van der Waals surface area (Å²) in [4.78, 5) is 29.4. The van der Waals surface area contributed by atoms with Crippen LogP contribution in [0.2, 0.25) is 0 Å². The van der Waals surface area contributed by atoms with Crippen LogP contribution in [0.1, 0.15) is 18.9 Å². The Kier molecular flexibility index (Phi) is 7.25. The summed E-state index contributed by atoms with van der Waals surface area (Å²) >= 11 is 0. The molecule has 0 saturated carbocycles. The van der Waals surface area contributed by atoms with Gasteiger partial charge in [-0.2, -0.15) is 0 Å². The number of anilines is 1. The molecule has 0 aromatic heterocycles. The highest BCUT2D eigenvalue weighted by molar-refractivity contribution is 6.01. The fourth-order valence-electron chi connectivity index (χ4n) is 3.59. The number of hydrogen-bond acceptors (Lipinski definition) is 4. The molecule has 6 nitrogen and oxygen atoms in total. The van der Waals surface area contributed by atoms with Gasteiger partial charge in [0.2, 0.25) is 11.8 Å². The lowest BCUT2D eigenvalue weighted by molar-refractivity contribution is -0.137. The molecule has 0 N–H and O–H groups in total. The van der Waals surface area contributed by atoms with Crippen LogP contribution in [0.15, 0.2) is 54.6 Å². The number of rotatable bonds is 9. The summed E-state index contributed by atoms with van der Waals surface area (Å²) in [5.74, 6) is 0.215. The van der Waals surface area contributed by atoms with Crippen LogP contribution in [-0.2, 0) is 20.9 Å². The smallest absolute Gasteiger partial charge is 0.228 e. The lowest BCUT2D eigenvalue weighted by Crippen LogP contribution is -2.39. The number of para-hydroxylation sites is 2. The van der Waals surface area contributed by atoms with Gasteiger partial charge in [0, 0.05) is 33.2 Å². The standard InChI is InChI=1S/C23H28N2O4/c1-3-29-21-12-8-7-11-20(21)25-17-19(15-22(25)26)23(27)24(13-14-28-2)16-18-9-5-4-6-10-18/h4-12,19H,3,13-17H2,1-2H3. The lowest BCUT2D eigenvalue weighted by Gasteiger charge is -2.26. The molecule has 2 aromatic carbocycles. The zero-order valence-electron chi connectivity index (χ0n) is 17.0. The van der Waals surface area contributed by atoms with Crippen molar-refractivity contribution in [1.29, 1.82) is 0 Å². The third-order valence-electron chi connectivity index (χ3n) is 5.02. The largest absolute Gasteiger partial charge is 0.492 e. The van der Waals surface area contributed by atoms with Gasteiger partial charge in [-0.1, -0.05) is 42.5 Å². The van der Waals surface area contributed by atoms with Crippen molar-refractivity contribution < 1.29 is 19.1 Å². The monoisotopic (exact) mass is 396 g/mol. The number of ether oxygens (including phenoxy) is 2. The first-order chi connectivity index (χ1) is 14.1. The van der Waals surface area contributed by atoms with Gasteiger partial charge in [-0.05, 0) is 24.6 Å². The van der Waals surface area contributed by atoms with Gasteiger partial charge in [-0.25, -0.2) is 0 Å². The fourth-order valence-corrected chi connectivity index (χ4v) is 3.59. The number of nitrogens with zero attached hydrogens (tertiary/aromatic N) is 2. The highest BCUT2D eigenvalue weighted by Gasteiger charge is 2.38. The van der Waals surface area contributed by atoms with Gasteiger partial charge in [-0.15, -0.1) is 0 Å². The van der Waals surface area contributed by atoms with E-state index in [1.165, 1.54) is 0 Å². The number of amides is 2. The van der Waals surface area contributed by atoms with Crippen LogP contribution in [-0.4, -0.2) is 50.1 Å². The molecule has 0 radical (unpaired) electrons. The van der Waals surface area contributed by atoms with Crippen molar-refractivity contribution in [2.75, 3.05) is 38.3 Å². The summed E-state index contributed by atoms with van der Waals surface area (Å²) in [6, 6.07) is 17.3. The van der Waals surface area contributed by atoms with Crippen LogP contribution in [0, 0.1) is 5.92 Å². The van der Waals surface area contributed by atoms with Gasteiger partial charge in [0.1, 0.15) is 5.75 Å². The minimum absolute atomic E-state index is 0.0179. The summed E-state index contributed by atoms with van der Waals surface area (Å²) in [6.07, 6.45) is 0.206. The van der Waals surface area contributed by atoms with Gasteiger partial charge in [0.25, 0.3) is 0 Å². The second-order valence-corrected chi connectivity index (χ2v) is 7.04. The first-order valence-corrected chi connectivity index (χ1v) is 9.97. The summed E-state index contributed by atoms with van der Waals surface area (Å²) in [5.41, 5.74) is 1.78. The van der Waals surface area contributed by atoms with E-state index in [0.717, 1.165) is 11.3 Å². The molecule has 1 heterocycles. The van der Waals surface area contributed by atoms with Crippen LogP contribution in [0.25, 0.3) is 0 Å². The van der Waals surface area contributed by atoms with Gasteiger partial charge >= 0.3 is 0 Å². The maximum absolute atomic E-state index is 13.2. The normalized spacial score (nSPS) is 16.1. The van der Waals surface area contributed by atoms with E-state index in [9.17, 15) is 9.59 Å². The van der Waals surface area contributed by atoms with Crippen molar-refractivity contribution >= 4 is 17.5 Å². The van der Waals surface area contributed by atoms with Crippen LogP contribution in [0.4, 0.5) is 5.69 Å². The molecule has 2 amide bonds. The Morgan fingerprint density at radius 3 is 2.59 bits per heavy atom. The van der Waals surface area contributed by atoms with Gasteiger partial charge in [0.15, 0.2) is 0 Å². The van der Waals surface area contributed by atoms with E-state index < -0.39 is 0 Å². The molecule has 2 aromatic rings. The van der Waals surface area contributed by atoms with Crippen molar-refractivity contribution in [2.24, 2.45) is 5.92 Å². The third kappa shape index (κ3) is 5.15. The molecule has 1 aliphatic rings. The maximum Gasteiger partial charge on any atom is 0.228 e. The molecule has 1 unspecified atom stereocenters. The van der Waals surface area contributed by atoms with Crippen LogP contribution in [0.5, 0.6) is 5.75 Å². The highest BCUT2D eigenvalue weighted by Crippen LogP contribution is 2.33. The quantitative estimate of drug-likeness (QED) is 0.654. The topological polar surface area (TPSA) is 59.1 Å². The highest BCUT2D eigenvalue weighted by atomic mass is 16.5. The van der Waals surface area contributed by atoms with E-state index in [2.05, 4.69) is 0 Å². The minimum atomic E-state index is -0.377. The molecule has 1 atom stereocenters. The average molecular weight is 396 g/mol. The predicted molar refractivity (Wildman–Crippen MR) is 112 cm³/mol. The summed E-state index contributed by atoms with van der Waals surface area (Å²) in [6.45, 7) is 4.24. The van der Waals surface area contributed by atoms with E-state index in [-0.39, 0.29) is 24.2 Å². The minimum Gasteiger partial charge on any atom is -0.492 e. The van der Waals surface area contributed by atoms with Crippen molar-refractivity contribution in [3.63, 3.8) is 0 Å². The Morgan fingerprint density at radius 2 is 1.86 bits per heavy atom. The number of carbonyl (C=O) groups is 2. The molecule has 0 aliphatic carbocycles. The van der Waals surface area contributed by atoms with E-state index in [4.69, 9.17) is 9.47 Å². The predicted octanol–water partition coefficient (Wildman–Crippen LogP) is 3.11. The average Bonchev–Trinajstić information content (AvgIpc) is 3.13. The Hall–Kier alpha value is -2.86. The first kappa shape index (κ1) is 20.9. The van der Waals surface area contributed by atoms with E-state index >= 15 is 0 Å². The molecule has 3 rings (SSSR count). The van der Waals surface area contributed by atoms with Gasteiger partial charge in [-0.3, -0.25) is 9.59 Å². The molecule has 1 fully saturated rings. The van der Waals surface area contributed by atoms with Crippen LogP contribution >= 0.6 is 0 Å². The lowest BCUT2D eigenvalue weighted by atomic mass is 10.1. The number of hydrogen-bond donors (Lipinski definition) is 0. The number of methoxy groups -OCH3 is 1. The second kappa shape index (κ2) is 10.1. The van der Waals surface area contributed by atoms with E-state index in [1.807, 2.05) is 61.5 Å². The van der Waals surface area contributed by atoms with E-state index in [0.29, 0.717) is 38.6 Å². The maximum atomic E-state index is 13.2. The van der Waals surface area contributed by atoms with Crippen LogP contribution in [0.3, 0.4) is 0 Å². The molecular formula is C23H28N2O4. The zero-order valence-corrected chi connectivity index (χ0v) is 17.0. The van der Waals surface area contributed by atoms with E-state index in [1.54, 1.807) is 16.9 Å². The third-order valence-corrected chi connectivity index (χ3v) is 5.02. The molecule has 1 saturated heterocycles. The van der Waals surface area contributed by atoms with Gasteiger partial charge < -0.3 is 19.3 Å². The SMILES string of the molecule is CCOc1ccccc1N1CC(C(=O)N(CCOC)Cc2ccccc2)CC1=O. The molecule has 154 valence electrons. The molecule has 1 aliphatic heterocycles. The van der Waals surface area contributed by atoms with Crippen molar-refractivity contribution in [1.82, 2.24) is 4.90 Å². The van der Waals surface area contributed by atoms with Crippen LogP contribution < -0.4 is 9.64 Å². The summed E-state index contributed by atoms with van der Waals surface area (Å²) in [5, 5.41) is 0. The number of carbonyl (C=O) groups excluding carboxylic acids is 2. The molecule has 0 bridgehead atoms. The Labute approximate surface area is 172 Å². The Morgan fingerprint density at radius 1 is 1.14 bits per heavy atom. The fraction of sp³-hybridized carbons (Fsp3) is 0.391. The summed E-state index contributed by atoms with van der Waals surface area (Å²) in [7, 11) is 1.62.